The molecule has 0 spiro atoms. The summed E-state index contributed by atoms with van der Waals surface area (Å²) in [5, 5.41) is 4.03. The highest BCUT2D eigenvalue weighted by Crippen LogP contribution is 2.22. The first-order valence-corrected chi connectivity index (χ1v) is 5.12. The van der Waals surface area contributed by atoms with Crippen molar-refractivity contribution in [1.82, 2.24) is 10.3 Å². The van der Waals surface area contributed by atoms with Gasteiger partial charge in [-0.25, -0.2) is 0 Å². The van der Waals surface area contributed by atoms with Crippen LogP contribution in [0.1, 0.15) is 25.1 Å². The molecule has 1 rings (SSSR count). The number of hydrogen-bond acceptors (Lipinski definition) is 2. The summed E-state index contributed by atoms with van der Waals surface area (Å²) in [6.45, 7) is 6.68. The van der Waals surface area contributed by atoms with Gasteiger partial charge >= 0.3 is 0 Å². The molecule has 0 aromatic carbocycles. The van der Waals surface area contributed by atoms with Crippen molar-refractivity contribution in [3.05, 3.63) is 41.7 Å². The molecule has 0 bridgehead atoms. The second-order valence-electron chi connectivity index (χ2n) is 3.01. The van der Waals surface area contributed by atoms with Gasteiger partial charge in [0.2, 0.25) is 0 Å². The summed E-state index contributed by atoms with van der Waals surface area (Å²) in [5.41, 5.74) is 0.899. The Morgan fingerprint density at radius 3 is 3.07 bits per heavy atom. The van der Waals surface area contributed by atoms with Crippen LogP contribution in [-0.2, 0) is 0 Å². The standard InChI is InChI=1S/C11H15ClN2/c1-3-6-10(13-4-2)11-9(12)7-5-8-14-11/h3,5,7-8,10,13H,1,4,6H2,2H3. The molecule has 0 aliphatic rings. The highest BCUT2D eigenvalue weighted by atomic mass is 35.5. The van der Waals surface area contributed by atoms with Crippen molar-refractivity contribution in [2.75, 3.05) is 6.54 Å². The second-order valence-corrected chi connectivity index (χ2v) is 3.41. The van der Waals surface area contributed by atoms with E-state index in [4.69, 9.17) is 11.6 Å². The molecule has 0 saturated carbocycles. The number of halogens is 1. The molecular weight excluding hydrogens is 196 g/mol. The number of pyridine rings is 1. The normalized spacial score (nSPS) is 12.4. The molecule has 3 heteroatoms. The van der Waals surface area contributed by atoms with Crippen LogP contribution in [0.25, 0.3) is 0 Å². The molecule has 1 aromatic heterocycles. The Morgan fingerprint density at radius 2 is 2.50 bits per heavy atom. The van der Waals surface area contributed by atoms with E-state index in [0.29, 0.717) is 5.02 Å². The minimum atomic E-state index is 0.172. The lowest BCUT2D eigenvalue weighted by Gasteiger charge is -2.16. The minimum absolute atomic E-state index is 0.172. The predicted octanol–water partition coefficient (Wildman–Crippen LogP) is 2.96. The maximum atomic E-state index is 6.05. The molecule has 2 nitrogen and oxygen atoms in total. The summed E-state index contributed by atoms with van der Waals surface area (Å²) < 4.78 is 0. The van der Waals surface area contributed by atoms with Crippen LogP contribution in [0.2, 0.25) is 5.02 Å². The third kappa shape index (κ3) is 2.82. The van der Waals surface area contributed by atoms with Gasteiger partial charge < -0.3 is 5.32 Å². The van der Waals surface area contributed by atoms with Gasteiger partial charge in [-0.3, -0.25) is 4.98 Å². The van der Waals surface area contributed by atoms with Crippen LogP contribution in [0.5, 0.6) is 0 Å². The van der Waals surface area contributed by atoms with Crippen molar-refractivity contribution in [2.45, 2.75) is 19.4 Å². The molecule has 1 aromatic rings. The van der Waals surface area contributed by atoms with E-state index in [2.05, 4.69) is 23.8 Å². The number of aromatic nitrogens is 1. The summed E-state index contributed by atoms with van der Waals surface area (Å²) >= 11 is 6.05. The van der Waals surface area contributed by atoms with Crippen molar-refractivity contribution in [2.24, 2.45) is 0 Å². The Morgan fingerprint density at radius 1 is 1.71 bits per heavy atom. The number of nitrogens with zero attached hydrogens (tertiary/aromatic N) is 1. The fourth-order valence-corrected chi connectivity index (χ4v) is 1.61. The van der Waals surface area contributed by atoms with Gasteiger partial charge in [0.25, 0.3) is 0 Å². The maximum absolute atomic E-state index is 6.05. The van der Waals surface area contributed by atoms with Gasteiger partial charge in [0.05, 0.1) is 16.8 Å². The van der Waals surface area contributed by atoms with Gasteiger partial charge in [0.1, 0.15) is 0 Å². The molecule has 76 valence electrons. The maximum Gasteiger partial charge on any atom is 0.0762 e. The number of hydrogen-bond donors (Lipinski definition) is 1. The van der Waals surface area contributed by atoms with Gasteiger partial charge in [-0.1, -0.05) is 24.6 Å². The zero-order valence-corrected chi connectivity index (χ0v) is 9.09. The van der Waals surface area contributed by atoms with E-state index in [-0.39, 0.29) is 6.04 Å². The van der Waals surface area contributed by atoms with E-state index < -0.39 is 0 Å². The van der Waals surface area contributed by atoms with Crippen LogP contribution in [-0.4, -0.2) is 11.5 Å². The van der Waals surface area contributed by atoms with E-state index in [1.165, 1.54) is 0 Å². The Labute approximate surface area is 90.0 Å². The fourth-order valence-electron chi connectivity index (χ4n) is 1.36. The summed E-state index contributed by atoms with van der Waals surface area (Å²) in [6, 6.07) is 3.87. The molecule has 1 atom stereocenters. The van der Waals surface area contributed by atoms with Crippen LogP contribution in [0.15, 0.2) is 31.0 Å². The molecule has 14 heavy (non-hydrogen) atoms. The van der Waals surface area contributed by atoms with E-state index in [1.54, 1.807) is 6.20 Å². The zero-order chi connectivity index (χ0) is 10.4. The molecule has 0 radical (unpaired) electrons. The summed E-state index contributed by atoms with van der Waals surface area (Å²) in [6.07, 6.45) is 4.47. The van der Waals surface area contributed by atoms with E-state index in [0.717, 1.165) is 18.7 Å². The smallest absolute Gasteiger partial charge is 0.0762 e. The molecule has 1 unspecified atom stereocenters. The minimum Gasteiger partial charge on any atom is -0.309 e. The topological polar surface area (TPSA) is 24.9 Å². The third-order valence-electron chi connectivity index (χ3n) is 1.97. The largest absolute Gasteiger partial charge is 0.309 e. The number of rotatable bonds is 5. The molecule has 0 amide bonds. The molecule has 1 heterocycles. The van der Waals surface area contributed by atoms with Crippen molar-refractivity contribution in [3.8, 4) is 0 Å². The van der Waals surface area contributed by atoms with Crippen LogP contribution < -0.4 is 5.32 Å². The fraction of sp³-hybridized carbons (Fsp3) is 0.364. The van der Waals surface area contributed by atoms with E-state index in [1.807, 2.05) is 18.2 Å². The second kappa shape index (κ2) is 5.78. The van der Waals surface area contributed by atoms with Crippen LogP contribution in [0.4, 0.5) is 0 Å². The highest BCUT2D eigenvalue weighted by Gasteiger charge is 2.12. The molecule has 1 N–H and O–H groups in total. The summed E-state index contributed by atoms with van der Waals surface area (Å²) in [4.78, 5) is 4.27. The van der Waals surface area contributed by atoms with Gasteiger partial charge in [-0.15, -0.1) is 6.58 Å². The molecule has 0 aliphatic heterocycles. The van der Waals surface area contributed by atoms with Gasteiger partial charge in [-0.05, 0) is 25.1 Å². The zero-order valence-electron chi connectivity index (χ0n) is 8.33. The Hall–Kier alpha value is -0.860. The Kier molecular flexibility index (Phi) is 4.63. The Bertz CT molecular complexity index is 299. The van der Waals surface area contributed by atoms with Gasteiger partial charge in [-0.2, -0.15) is 0 Å². The average Bonchev–Trinajstić information content (AvgIpc) is 2.18. The lowest BCUT2D eigenvalue weighted by Crippen LogP contribution is -2.21. The van der Waals surface area contributed by atoms with E-state index in [9.17, 15) is 0 Å². The first-order chi connectivity index (χ1) is 6.79. The van der Waals surface area contributed by atoms with Crippen molar-refractivity contribution in [1.29, 1.82) is 0 Å². The van der Waals surface area contributed by atoms with Crippen molar-refractivity contribution >= 4 is 11.6 Å². The van der Waals surface area contributed by atoms with Gasteiger partial charge in [0, 0.05) is 6.20 Å². The van der Waals surface area contributed by atoms with Crippen LogP contribution in [0.3, 0.4) is 0 Å². The SMILES string of the molecule is C=CCC(NCC)c1ncccc1Cl. The molecule has 0 fully saturated rings. The highest BCUT2D eigenvalue weighted by molar-refractivity contribution is 6.31. The predicted molar refractivity (Wildman–Crippen MR) is 60.5 cm³/mol. The lowest BCUT2D eigenvalue weighted by molar-refractivity contribution is 0.546. The van der Waals surface area contributed by atoms with Crippen LogP contribution >= 0.6 is 11.6 Å². The Balaban J connectivity index is 2.86. The summed E-state index contributed by atoms with van der Waals surface area (Å²) in [7, 11) is 0. The monoisotopic (exact) mass is 210 g/mol. The average molecular weight is 211 g/mol. The molecule has 0 aliphatic carbocycles. The lowest BCUT2D eigenvalue weighted by atomic mass is 10.1. The van der Waals surface area contributed by atoms with Gasteiger partial charge in [0.15, 0.2) is 0 Å². The van der Waals surface area contributed by atoms with E-state index >= 15 is 0 Å². The third-order valence-corrected chi connectivity index (χ3v) is 2.29. The summed E-state index contributed by atoms with van der Waals surface area (Å²) in [5.74, 6) is 0. The first kappa shape index (κ1) is 11.2. The quantitative estimate of drug-likeness (QED) is 0.756. The van der Waals surface area contributed by atoms with Crippen LogP contribution in [0, 0.1) is 0 Å². The molecule has 0 saturated heterocycles. The molecular formula is C11H15ClN2. The number of nitrogens with one attached hydrogen (secondary N) is 1. The first-order valence-electron chi connectivity index (χ1n) is 4.74. The van der Waals surface area contributed by atoms with Crippen molar-refractivity contribution in [3.63, 3.8) is 0 Å². The van der Waals surface area contributed by atoms with Crippen molar-refractivity contribution < 1.29 is 0 Å².